The predicted octanol–water partition coefficient (Wildman–Crippen LogP) is 19.1. The SMILES string of the molecule is c1ccc2c(c1)sc1cc(-c3nc(-c4ccc5c(c4)sc4ccccc45)nc(-c4cccc5sc6ccc(-c7cccc8sc9cc(-n%10c%11ccccc%11c%11ccccc%11%10)ccc9c78)cc6c45)n3)ccc12. The first-order chi connectivity index (χ1) is 35.1. The largest absolute Gasteiger partial charge is 0.309 e. The second kappa shape index (κ2) is 15.2. The molecule has 0 fully saturated rings. The fraction of sp³-hybridized carbons (Fsp3) is 0. The summed E-state index contributed by atoms with van der Waals surface area (Å²) in [5.41, 5.74) is 8.98. The van der Waals surface area contributed by atoms with E-state index >= 15 is 0 Å². The van der Waals surface area contributed by atoms with Crippen molar-refractivity contribution < 1.29 is 0 Å². The van der Waals surface area contributed by atoms with Gasteiger partial charge in [-0.1, -0.05) is 133 Å². The van der Waals surface area contributed by atoms with Crippen LogP contribution >= 0.6 is 45.3 Å². The van der Waals surface area contributed by atoms with Crippen LogP contribution in [0.15, 0.2) is 206 Å². The molecule has 0 bridgehead atoms. The zero-order valence-corrected chi connectivity index (χ0v) is 40.8. The summed E-state index contributed by atoms with van der Waals surface area (Å²) in [6.45, 7) is 0. The van der Waals surface area contributed by atoms with Crippen LogP contribution in [-0.2, 0) is 0 Å². The lowest BCUT2D eigenvalue weighted by Gasteiger charge is -2.10. The molecule has 10 aromatic carbocycles. The van der Waals surface area contributed by atoms with Crippen molar-refractivity contribution >= 4 is 148 Å². The molecule has 0 saturated carbocycles. The molecule has 6 heterocycles. The van der Waals surface area contributed by atoms with E-state index in [2.05, 4.69) is 211 Å². The van der Waals surface area contributed by atoms with Crippen LogP contribution in [0.4, 0.5) is 0 Å². The Morgan fingerprint density at radius 1 is 0.268 bits per heavy atom. The minimum atomic E-state index is 0.662. The van der Waals surface area contributed by atoms with Gasteiger partial charge < -0.3 is 4.57 Å². The molecule has 0 atom stereocenters. The van der Waals surface area contributed by atoms with Gasteiger partial charge in [-0.2, -0.15) is 0 Å². The molecule has 8 heteroatoms. The summed E-state index contributed by atoms with van der Waals surface area (Å²) in [4.78, 5) is 16.1. The average Bonchev–Trinajstić information content (AvgIpc) is 4.25. The first kappa shape index (κ1) is 39.7. The summed E-state index contributed by atoms with van der Waals surface area (Å²) < 4.78 is 12.4. The van der Waals surface area contributed by atoms with Crippen molar-refractivity contribution in [3.05, 3.63) is 206 Å². The van der Waals surface area contributed by atoms with Crippen molar-refractivity contribution in [2.24, 2.45) is 0 Å². The molecule has 0 saturated heterocycles. The number of aromatic nitrogens is 4. The Balaban J connectivity index is 0.867. The minimum absolute atomic E-state index is 0.662. The molecule has 0 unspecified atom stereocenters. The summed E-state index contributed by atoms with van der Waals surface area (Å²) in [6.07, 6.45) is 0. The van der Waals surface area contributed by atoms with Crippen molar-refractivity contribution in [1.82, 2.24) is 19.5 Å². The Labute approximate surface area is 421 Å². The molecule has 0 aliphatic rings. The number of hydrogen-bond acceptors (Lipinski definition) is 7. The van der Waals surface area contributed by atoms with Gasteiger partial charge in [0.25, 0.3) is 0 Å². The quantitative estimate of drug-likeness (QED) is 0.173. The predicted molar refractivity (Wildman–Crippen MR) is 307 cm³/mol. The van der Waals surface area contributed by atoms with Crippen LogP contribution in [0.1, 0.15) is 0 Å². The van der Waals surface area contributed by atoms with Gasteiger partial charge in [0.2, 0.25) is 0 Å². The number of thiophene rings is 4. The lowest BCUT2D eigenvalue weighted by Crippen LogP contribution is -2.00. The third kappa shape index (κ3) is 6.03. The number of fused-ring (bicyclic) bond motifs is 15. The Hall–Kier alpha value is -8.11. The van der Waals surface area contributed by atoms with Gasteiger partial charge in [0.15, 0.2) is 17.5 Å². The Morgan fingerprint density at radius 3 is 1.37 bits per heavy atom. The zero-order valence-electron chi connectivity index (χ0n) is 37.6. The molecule has 0 radical (unpaired) electrons. The summed E-state index contributed by atoms with van der Waals surface area (Å²) >= 11 is 7.32. The number of hydrogen-bond donors (Lipinski definition) is 0. The highest BCUT2D eigenvalue weighted by atomic mass is 32.1. The second-order valence-electron chi connectivity index (χ2n) is 18.2. The lowest BCUT2D eigenvalue weighted by molar-refractivity contribution is 1.08. The summed E-state index contributed by atoms with van der Waals surface area (Å²) in [7, 11) is 0. The molecule has 0 aliphatic heterocycles. The van der Waals surface area contributed by atoms with Gasteiger partial charge in [0, 0.05) is 114 Å². The molecule has 6 aromatic heterocycles. The molecule has 16 rings (SSSR count). The van der Waals surface area contributed by atoms with Crippen LogP contribution in [-0.4, -0.2) is 19.5 Å². The highest BCUT2D eigenvalue weighted by molar-refractivity contribution is 7.27. The molecule has 0 N–H and O–H groups in total. The molecular weight excluding hydrogens is 941 g/mol. The van der Waals surface area contributed by atoms with Crippen LogP contribution in [0.5, 0.6) is 0 Å². The van der Waals surface area contributed by atoms with Gasteiger partial charge in [0.1, 0.15) is 0 Å². The first-order valence-electron chi connectivity index (χ1n) is 23.6. The van der Waals surface area contributed by atoms with Gasteiger partial charge in [-0.15, -0.1) is 45.3 Å². The molecule has 71 heavy (non-hydrogen) atoms. The highest BCUT2D eigenvalue weighted by Crippen LogP contribution is 2.46. The van der Waals surface area contributed by atoms with Gasteiger partial charge >= 0.3 is 0 Å². The first-order valence-corrected chi connectivity index (χ1v) is 26.9. The minimum Gasteiger partial charge on any atom is -0.309 e. The van der Waals surface area contributed by atoms with Gasteiger partial charge in [-0.05, 0) is 83.9 Å². The van der Waals surface area contributed by atoms with E-state index in [1.807, 2.05) is 45.3 Å². The number of benzene rings is 10. The molecule has 0 amide bonds. The standard InChI is InChI=1S/C63H34N4S4/c1-5-17-49-40(11-1)41-12-2-6-18-50(41)67(49)38-26-29-46-58(34-38)71-54-21-9-15-39(59(46)54)35-25-30-53-48(31-35)60-47(16-10-22-55(60)68-53)63-65-61(36-23-27-44-42-13-3-7-19-51(42)69-56(44)32-36)64-62(66-63)37-24-28-45-43-14-4-8-20-52(43)70-57(45)33-37/h1-34H. The van der Waals surface area contributed by atoms with E-state index in [0.29, 0.717) is 17.5 Å². The van der Waals surface area contributed by atoms with Gasteiger partial charge in [-0.3, -0.25) is 0 Å². The van der Waals surface area contributed by atoms with Crippen LogP contribution in [0, 0.1) is 0 Å². The van der Waals surface area contributed by atoms with Crippen LogP contribution < -0.4 is 0 Å². The van der Waals surface area contributed by atoms with E-state index < -0.39 is 0 Å². The second-order valence-corrected chi connectivity index (χ2v) is 22.6. The summed E-state index contributed by atoms with van der Waals surface area (Å²) in [6, 6.07) is 75.4. The van der Waals surface area contributed by atoms with E-state index in [1.165, 1.54) is 114 Å². The van der Waals surface area contributed by atoms with Crippen LogP contribution in [0.25, 0.3) is 153 Å². The van der Waals surface area contributed by atoms with E-state index in [-0.39, 0.29) is 0 Å². The number of nitrogens with zero attached hydrogens (tertiary/aromatic N) is 4. The van der Waals surface area contributed by atoms with Crippen molar-refractivity contribution in [3.63, 3.8) is 0 Å². The van der Waals surface area contributed by atoms with E-state index in [0.717, 1.165) is 22.1 Å². The highest BCUT2D eigenvalue weighted by Gasteiger charge is 2.21. The normalized spacial score (nSPS) is 12.2. The Morgan fingerprint density at radius 2 is 0.718 bits per heavy atom. The Kier molecular flexibility index (Phi) is 8.50. The van der Waals surface area contributed by atoms with Gasteiger partial charge in [0.05, 0.1) is 11.0 Å². The van der Waals surface area contributed by atoms with E-state index in [4.69, 9.17) is 15.0 Å². The number of para-hydroxylation sites is 2. The summed E-state index contributed by atoms with van der Waals surface area (Å²) in [5.74, 6) is 1.99. The van der Waals surface area contributed by atoms with Crippen molar-refractivity contribution in [3.8, 4) is 51.0 Å². The van der Waals surface area contributed by atoms with Gasteiger partial charge in [-0.25, -0.2) is 15.0 Å². The molecule has 4 nitrogen and oxygen atoms in total. The molecule has 16 aromatic rings. The maximum atomic E-state index is 5.39. The van der Waals surface area contributed by atoms with Crippen LogP contribution in [0.3, 0.4) is 0 Å². The van der Waals surface area contributed by atoms with Crippen LogP contribution in [0.2, 0.25) is 0 Å². The molecular formula is C63H34N4S4. The Bertz CT molecular complexity index is 4730. The number of rotatable bonds is 5. The third-order valence-corrected chi connectivity index (χ3v) is 18.8. The van der Waals surface area contributed by atoms with E-state index in [9.17, 15) is 0 Å². The van der Waals surface area contributed by atoms with Crippen molar-refractivity contribution in [2.45, 2.75) is 0 Å². The topological polar surface area (TPSA) is 43.6 Å². The fourth-order valence-corrected chi connectivity index (χ4v) is 15.6. The smallest absolute Gasteiger partial charge is 0.164 e. The lowest BCUT2D eigenvalue weighted by atomic mass is 9.97. The molecule has 0 spiro atoms. The monoisotopic (exact) mass is 974 g/mol. The van der Waals surface area contributed by atoms with E-state index in [1.54, 1.807) is 0 Å². The molecule has 0 aliphatic carbocycles. The van der Waals surface area contributed by atoms with Crippen molar-refractivity contribution in [1.29, 1.82) is 0 Å². The zero-order chi connectivity index (χ0) is 46.3. The molecule has 330 valence electrons. The maximum Gasteiger partial charge on any atom is 0.164 e. The average molecular weight is 975 g/mol. The maximum absolute atomic E-state index is 5.39. The summed E-state index contributed by atoms with van der Waals surface area (Å²) in [5, 5.41) is 12.5. The third-order valence-electron chi connectivity index (χ3n) is 14.3. The van der Waals surface area contributed by atoms with Crippen molar-refractivity contribution in [2.75, 3.05) is 0 Å². The fourth-order valence-electron chi connectivity index (χ4n) is 11.1.